The number of hydrogen-bond donors (Lipinski definition) is 0. The van der Waals surface area contributed by atoms with E-state index in [0.717, 1.165) is 33.5 Å². The molecule has 0 amide bonds. The van der Waals surface area contributed by atoms with Gasteiger partial charge in [0, 0.05) is 11.4 Å². The fraction of sp³-hybridized carbons (Fsp3) is 0.368. The molecule has 0 saturated carbocycles. The molecule has 0 aliphatic rings. The van der Waals surface area contributed by atoms with Crippen molar-refractivity contribution in [2.45, 2.75) is 51.1 Å². The molecule has 29 heavy (non-hydrogen) atoms. The third-order valence-corrected chi connectivity index (χ3v) is 7.05. The van der Waals surface area contributed by atoms with E-state index in [4.69, 9.17) is 13.8 Å². The van der Waals surface area contributed by atoms with E-state index in [-0.39, 0.29) is 5.56 Å². The first-order chi connectivity index (χ1) is 14.0. The van der Waals surface area contributed by atoms with Crippen molar-refractivity contribution in [3.8, 4) is 11.7 Å². The molecule has 10 heteroatoms. The lowest BCUT2D eigenvalue weighted by atomic mass is 10.2. The van der Waals surface area contributed by atoms with Crippen LogP contribution in [-0.2, 0) is 12.3 Å². The molecule has 0 saturated heterocycles. The van der Waals surface area contributed by atoms with E-state index in [2.05, 4.69) is 33.1 Å². The standard InChI is InChI=1S/C19H19BrN4O3S2/c1-4-5-8-24-18(25)15-10(2)11(3)29-17(15)21-19(24)28-9-14-22-23-16(27-14)12-6-7-13(20)26-12/h6-7H,4-5,8-9H2,1-3H3. The van der Waals surface area contributed by atoms with Crippen LogP contribution in [0.4, 0.5) is 0 Å². The van der Waals surface area contributed by atoms with Crippen LogP contribution in [0.25, 0.3) is 21.9 Å². The van der Waals surface area contributed by atoms with Crippen LogP contribution < -0.4 is 5.56 Å². The molecule has 0 N–H and O–H groups in total. The first kappa shape index (κ1) is 20.4. The van der Waals surface area contributed by atoms with Crippen molar-refractivity contribution >= 4 is 49.2 Å². The Bertz CT molecular complexity index is 1220. The molecule has 0 aliphatic heterocycles. The molecule has 0 spiro atoms. The third-order valence-electron chi connectivity index (χ3n) is 4.56. The van der Waals surface area contributed by atoms with E-state index in [9.17, 15) is 4.79 Å². The van der Waals surface area contributed by atoms with Gasteiger partial charge in [-0.15, -0.1) is 21.5 Å². The molecular formula is C19H19BrN4O3S2. The lowest BCUT2D eigenvalue weighted by Gasteiger charge is -2.11. The Morgan fingerprint density at radius 2 is 2.07 bits per heavy atom. The van der Waals surface area contributed by atoms with Crippen LogP contribution in [0.15, 0.2) is 35.6 Å². The fourth-order valence-electron chi connectivity index (χ4n) is 2.90. The number of furan rings is 1. The lowest BCUT2D eigenvalue weighted by Crippen LogP contribution is -2.23. The SMILES string of the molecule is CCCCn1c(SCc2nnc(-c3ccc(Br)o3)o2)nc2sc(C)c(C)c2c1=O. The van der Waals surface area contributed by atoms with E-state index in [0.29, 0.717) is 39.7 Å². The summed E-state index contributed by atoms with van der Waals surface area (Å²) in [5.74, 6) is 1.70. The number of aromatic nitrogens is 4. The second-order valence-electron chi connectivity index (χ2n) is 6.56. The van der Waals surface area contributed by atoms with Gasteiger partial charge in [0.25, 0.3) is 11.4 Å². The Kier molecular flexibility index (Phi) is 5.93. The molecule has 0 unspecified atom stereocenters. The van der Waals surface area contributed by atoms with Crippen molar-refractivity contribution < 1.29 is 8.83 Å². The molecule has 4 aromatic heterocycles. The van der Waals surface area contributed by atoms with Crippen LogP contribution >= 0.6 is 39.0 Å². The summed E-state index contributed by atoms with van der Waals surface area (Å²) in [6.07, 6.45) is 1.92. The predicted octanol–water partition coefficient (Wildman–Crippen LogP) is 5.57. The molecule has 4 rings (SSSR count). The Hall–Kier alpha value is -1.91. The first-order valence-corrected chi connectivity index (χ1v) is 11.8. The van der Waals surface area contributed by atoms with E-state index in [1.165, 1.54) is 11.8 Å². The number of aryl methyl sites for hydroxylation is 2. The van der Waals surface area contributed by atoms with Crippen LogP contribution in [0, 0.1) is 13.8 Å². The number of unbranched alkanes of at least 4 members (excludes halogenated alkanes) is 1. The molecule has 0 fully saturated rings. The fourth-order valence-corrected chi connectivity index (χ4v) is 5.14. The number of halogens is 1. The van der Waals surface area contributed by atoms with Gasteiger partial charge in [-0.05, 0) is 53.9 Å². The summed E-state index contributed by atoms with van der Waals surface area (Å²) in [6, 6.07) is 3.53. The van der Waals surface area contributed by atoms with Gasteiger partial charge in [0.05, 0.1) is 11.1 Å². The molecule has 4 heterocycles. The zero-order valence-electron chi connectivity index (χ0n) is 16.2. The maximum atomic E-state index is 13.1. The molecule has 0 aliphatic carbocycles. The summed E-state index contributed by atoms with van der Waals surface area (Å²) in [5, 5.41) is 9.53. The highest BCUT2D eigenvalue weighted by atomic mass is 79.9. The predicted molar refractivity (Wildman–Crippen MR) is 118 cm³/mol. The van der Waals surface area contributed by atoms with Crippen molar-refractivity contribution in [2.75, 3.05) is 0 Å². The number of rotatable bonds is 7. The largest absolute Gasteiger partial charge is 0.444 e. The first-order valence-electron chi connectivity index (χ1n) is 9.19. The zero-order valence-corrected chi connectivity index (χ0v) is 19.4. The molecule has 7 nitrogen and oxygen atoms in total. The summed E-state index contributed by atoms with van der Waals surface area (Å²) in [4.78, 5) is 19.8. The van der Waals surface area contributed by atoms with Gasteiger partial charge in [-0.2, -0.15) is 0 Å². The van der Waals surface area contributed by atoms with Crippen molar-refractivity contribution in [3.63, 3.8) is 0 Å². The molecule has 4 aromatic rings. The van der Waals surface area contributed by atoms with E-state index < -0.39 is 0 Å². The van der Waals surface area contributed by atoms with Gasteiger partial charge in [-0.1, -0.05) is 25.1 Å². The molecular weight excluding hydrogens is 476 g/mol. The minimum atomic E-state index is 0.0273. The molecule has 152 valence electrons. The highest BCUT2D eigenvalue weighted by molar-refractivity contribution is 9.10. The van der Waals surface area contributed by atoms with Gasteiger partial charge in [0.2, 0.25) is 5.89 Å². The second-order valence-corrected chi connectivity index (χ2v) is 9.49. The molecule has 0 bridgehead atoms. The number of thioether (sulfide) groups is 1. The van der Waals surface area contributed by atoms with Crippen molar-refractivity contribution in [2.24, 2.45) is 0 Å². The van der Waals surface area contributed by atoms with Gasteiger partial charge in [-0.3, -0.25) is 9.36 Å². The Morgan fingerprint density at radius 3 is 2.79 bits per heavy atom. The summed E-state index contributed by atoms with van der Waals surface area (Å²) < 4.78 is 13.5. The quantitative estimate of drug-likeness (QED) is 0.245. The van der Waals surface area contributed by atoms with Crippen LogP contribution in [0.1, 0.15) is 36.1 Å². The van der Waals surface area contributed by atoms with Crippen LogP contribution in [0.5, 0.6) is 0 Å². The van der Waals surface area contributed by atoms with Crippen LogP contribution in [0.2, 0.25) is 0 Å². The normalized spacial score (nSPS) is 11.6. The van der Waals surface area contributed by atoms with Crippen molar-refractivity contribution in [1.82, 2.24) is 19.7 Å². The smallest absolute Gasteiger partial charge is 0.283 e. The van der Waals surface area contributed by atoms with Crippen molar-refractivity contribution in [1.29, 1.82) is 0 Å². The summed E-state index contributed by atoms with van der Waals surface area (Å²) in [7, 11) is 0. The monoisotopic (exact) mass is 494 g/mol. The van der Waals surface area contributed by atoms with Gasteiger partial charge >= 0.3 is 0 Å². The van der Waals surface area contributed by atoms with E-state index in [1.54, 1.807) is 28.0 Å². The van der Waals surface area contributed by atoms with Crippen LogP contribution in [0.3, 0.4) is 0 Å². The van der Waals surface area contributed by atoms with Crippen LogP contribution in [-0.4, -0.2) is 19.7 Å². The topological polar surface area (TPSA) is 86.9 Å². The summed E-state index contributed by atoms with van der Waals surface area (Å²) in [6.45, 7) is 6.76. The van der Waals surface area contributed by atoms with Crippen molar-refractivity contribution in [3.05, 3.63) is 43.5 Å². The van der Waals surface area contributed by atoms with Gasteiger partial charge in [0.1, 0.15) is 4.83 Å². The zero-order chi connectivity index (χ0) is 20.5. The maximum Gasteiger partial charge on any atom is 0.283 e. The summed E-state index contributed by atoms with van der Waals surface area (Å²) in [5.41, 5.74) is 1.05. The highest BCUT2D eigenvalue weighted by Gasteiger charge is 2.18. The van der Waals surface area contributed by atoms with Gasteiger partial charge < -0.3 is 8.83 Å². The minimum Gasteiger partial charge on any atom is -0.444 e. The number of thiophene rings is 1. The Labute approximate surface area is 183 Å². The number of nitrogens with zero attached hydrogens (tertiary/aromatic N) is 4. The minimum absolute atomic E-state index is 0.0273. The van der Waals surface area contributed by atoms with Gasteiger partial charge in [0.15, 0.2) is 15.6 Å². The maximum absolute atomic E-state index is 13.1. The van der Waals surface area contributed by atoms with E-state index >= 15 is 0 Å². The number of hydrogen-bond acceptors (Lipinski definition) is 8. The second kappa shape index (κ2) is 8.45. The average molecular weight is 495 g/mol. The summed E-state index contributed by atoms with van der Waals surface area (Å²) >= 11 is 6.25. The molecule has 0 aromatic carbocycles. The highest BCUT2D eigenvalue weighted by Crippen LogP contribution is 2.30. The molecule has 0 radical (unpaired) electrons. The lowest BCUT2D eigenvalue weighted by molar-refractivity contribution is 0.486. The average Bonchev–Trinajstić information content (AvgIpc) is 3.39. The van der Waals surface area contributed by atoms with Gasteiger partial charge in [-0.25, -0.2) is 4.98 Å². The molecule has 0 atom stereocenters. The van der Waals surface area contributed by atoms with E-state index in [1.807, 2.05) is 13.8 Å². The Morgan fingerprint density at radius 1 is 1.24 bits per heavy atom. The Balaban J connectivity index is 1.63. The number of fused-ring (bicyclic) bond motifs is 1. The third kappa shape index (κ3) is 4.06.